The van der Waals surface area contributed by atoms with E-state index in [4.69, 9.17) is 9.47 Å². The highest BCUT2D eigenvalue weighted by Crippen LogP contribution is 2.37. The van der Waals surface area contributed by atoms with E-state index in [1.54, 1.807) is 23.1 Å². The summed E-state index contributed by atoms with van der Waals surface area (Å²) in [6, 6.07) is 5.09. The van der Waals surface area contributed by atoms with Crippen LogP contribution in [0.2, 0.25) is 0 Å². The lowest BCUT2D eigenvalue weighted by atomic mass is 10.0. The molecule has 1 aliphatic rings. The average Bonchev–Trinajstić information content (AvgIpc) is 2.51. The summed E-state index contributed by atoms with van der Waals surface area (Å²) >= 11 is 0. The zero-order chi connectivity index (χ0) is 16.3. The number of methoxy groups -OCH3 is 1. The smallest absolute Gasteiger partial charge is 0.337 e. The molecule has 0 fully saturated rings. The lowest BCUT2D eigenvalue weighted by molar-refractivity contribution is -0.127. The lowest BCUT2D eigenvalue weighted by Gasteiger charge is -2.37. The third-order valence-corrected chi connectivity index (χ3v) is 3.76. The van der Waals surface area contributed by atoms with Gasteiger partial charge >= 0.3 is 5.97 Å². The minimum Gasteiger partial charge on any atom is -0.478 e. The monoisotopic (exact) mass is 305 g/mol. The molecule has 1 atom stereocenters. The topological polar surface area (TPSA) is 55.8 Å². The van der Waals surface area contributed by atoms with Crippen molar-refractivity contribution in [3.63, 3.8) is 0 Å². The summed E-state index contributed by atoms with van der Waals surface area (Å²) in [7, 11) is 1.34. The van der Waals surface area contributed by atoms with E-state index in [-0.39, 0.29) is 11.9 Å². The normalized spacial score (nSPS) is 17.2. The molecule has 0 saturated carbocycles. The van der Waals surface area contributed by atoms with Gasteiger partial charge in [0.25, 0.3) is 5.91 Å². The Balaban J connectivity index is 2.39. The fraction of sp³-hybridized carbons (Fsp3) is 0.529. The highest BCUT2D eigenvalue weighted by Gasteiger charge is 2.35. The molecule has 0 N–H and O–H groups in total. The summed E-state index contributed by atoms with van der Waals surface area (Å²) in [6.45, 7) is 6.02. The maximum Gasteiger partial charge on any atom is 0.337 e. The number of ether oxygens (including phenoxy) is 2. The van der Waals surface area contributed by atoms with Gasteiger partial charge in [0.2, 0.25) is 0 Å². The highest BCUT2D eigenvalue weighted by molar-refractivity contribution is 6.01. The van der Waals surface area contributed by atoms with Crippen molar-refractivity contribution in [3.05, 3.63) is 23.8 Å². The number of hydrogen-bond acceptors (Lipinski definition) is 4. The molecule has 22 heavy (non-hydrogen) atoms. The van der Waals surface area contributed by atoms with Gasteiger partial charge in [-0.25, -0.2) is 4.79 Å². The minimum atomic E-state index is -0.484. The summed E-state index contributed by atoms with van der Waals surface area (Å²) in [5.41, 5.74) is 1.13. The summed E-state index contributed by atoms with van der Waals surface area (Å²) in [4.78, 5) is 26.0. The van der Waals surface area contributed by atoms with Crippen LogP contribution >= 0.6 is 0 Å². The predicted octanol–water partition coefficient (Wildman–Crippen LogP) is 3.17. The first kappa shape index (κ1) is 16.3. The van der Waals surface area contributed by atoms with Gasteiger partial charge in [-0.1, -0.05) is 13.3 Å². The molecule has 5 heteroatoms. The van der Waals surface area contributed by atoms with Gasteiger partial charge in [-0.15, -0.1) is 0 Å². The second-order valence-corrected chi connectivity index (χ2v) is 5.72. The van der Waals surface area contributed by atoms with Crippen LogP contribution in [0.3, 0.4) is 0 Å². The standard InChI is InChI=1S/C17H23NO4/c1-5-6-7-14-16(19)18(11(2)3)13-9-8-12(17(20)21-4)10-15(13)22-14/h8-11,14H,5-7H2,1-4H3. The van der Waals surface area contributed by atoms with Crippen molar-refractivity contribution in [3.8, 4) is 5.75 Å². The number of fused-ring (bicyclic) bond motifs is 1. The molecule has 0 radical (unpaired) electrons. The van der Waals surface area contributed by atoms with Gasteiger partial charge in [-0.05, 0) is 44.9 Å². The van der Waals surface area contributed by atoms with Crippen molar-refractivity contribution >= 4 is 17.6 Å². The molecular weight excluding hydrogens is 282 g/mol. The number of amides is 1. The van der Waals surface area contributed by atoms with E-state index < -0.39 is 12.1 Å². The van der Waals surface area contributed by atoms with Crippen LogP contribution in [0.15, 0.2) is 18.2 Å². The van der Waals surface area contributed by atoms with Gasteiger partial charge in [0, 0.05) is 6.04 Å². The first-order valence-electron chi connectivity index (χ1n) is 7.71. The van der Waals surface area contributed by atoms with E-state index in [0.29, 0.717) is 23.4 Å². The molecule has 5 nitrogen and oxygen atoms in total. The van der Waals surface area contributed by atoms with Crippen molar-refractivity contribution in [2.75, 3.05) is 12.0 Å². The Bertz CT molecular complexity index is 568. The van der Waals surface area contributed by atoms with E-state index in [1.165, 1.54) is 7.11 Å². The van der Waals surface area contributed by atoms with Gasteiger partial charge in [0.15, 0.2) is 6.10 Å². The Morgan fingerprint density at radius 1 is 1.41 bits per heavy atom. The fourth-order valence-electron chi connectivity index (χ4n) is 2.63. The van der Waals surface area contributed by atoms with Gasteiger partial charge in [0.05, 0.1) is 18.4 Å². The molecule has 120 valence electrons. The molecule has 1 amide bonds. The van der Waals surface area contributed by atoms with Crippen LogP contribution in [0.5, 0.6) is 5.75 Å². The second-order valence-electron chi connectivity index (χ2n) is 5.72. The lowest BCUT2D eigenvalue weighted by Crippen LogP contribution is -2.49. The van der Waals surface area contributed by atoms with Gasteiger partial charge in [-0.2, -0.15) is 0 Å². The van der Waals surface area contributed by atoms with Crippen molar-refractivity contribution < 1.29 is 19.1 Å². The predicted molar refractivity (Wildman–Crippen MR) is 84.3 cm³/mol. The number of carbonyl (C=O) groups is 2. The first-order valence-corrected chi connectivity index (χ1v) is 7.71. The van der Waals surface area contributed by atoms with Crippen molar-refractivity contribution in [1.29, 1.82) is 0 Å². The van der Waals surface area contributed by atoms with E-state index in [0.717, 1.165) is 12.8 Å². The fourth-order valence-corrected chi connectivity index (χ4v) is 2.63. The maximum absolute atomic E-state index is 12.6. The van der Waals surface area contributed by atoms with Crippen LogP contribution in [-0.4, -0.2) is 31.1 Å². The Morgan fingerprint density at radius 2 is 2.14 bits per heavy atom. The number of carbonyl (C=O) groups excluding carboxylic acids is 2. The Labute approximate surface area is 131 Å². The summed E-state index contributed by atoms with van der Waals surface area (Å²) in [5, 5.41) is 0. The molecule has 1 aliphatic heterocycles. The summed E-state index contributed by atoms with van der Waals surface area (Å²) in [5.74, 6) is 0.142. The SMILES string of the molecule is CCCCC1Oc2cc(C(=O)OC)ccc2N(C(C)C)C1=O. The molecule has 2 rings (SSSR count). The van der Waals surface area contributed by atoms with E-state index in [9.17, 15) is 9.59 Å². The molecule has 0 bridgehead atoms. The quantitative estimate of drug-likeness (QED) is 0.784. The molecule has 0 spiro atoms. The van der Waals surface area contributed by atoms with Crippen LogP contribution in [-0.2, 0) is 9.53 Å². The molecule has 1 unspecified atom stereocenters. The number of benzene rings is 1. The average molecular weight is 305 g/mol. The van der Waals surface area contributed by atoms with Gasteiger partial charge in [0.1, 0.15) is 5.75 Å². The largest absolute Gasteiger partial charge is 0.478 e. The zero-order valence-electron chi connectivity index (χ0n) is 13.6. The van der Waals surface area contributed by atoms with Crippen molar-refractivity contribution in [1.82, 2.24) is 0 Å². The Kier molecular flexibility index (Phi) is 5.06. The van der Waals surface area contributed by atoms with Crippen LogP contribution in [0, 0.1) is 0 Å². The van der Waals surface area contributed by atoms with E-state index >= 15 is 0 Å². The van der Waals surface area contributed by atoms with Crippen molar-refractivity contribution in [2.45, 2.75) is 52.2 Å². The zero-order valence-corrected chi connectivity index (χ0v) is 13.6. The van der Waals surface area contributed by atoms with Gasteiger partial charge in [-0.3, -0.25) is 4.79 Å². The number of esters is 1. The number of unbranched alkanes of at least 4 members (excludes halogenated alkanes) is 1. The number of hydrogen-bond donors (Lipinski definition) is 0. The number of nitrogens with zero attached hydrogens (tertiary/aromatic N) is 1. The molecular formula is C17H23NO4. The molecule has 0 aliphatic carbocycles. The van der Waals surface area contributed by atoms with Gasteiger partial charge < -0.3 is 14.4 Å². The summed E-state index contributed by atoms with van der Waals surface area (Å²) in [6.07, 6.45) is 2.13. The minimum absolute atomic E-state index is 0.0123. The van der Waals surface area contributed by atoms with E-state index in [1.807, 2.05) is 13.8 Å². The van der Waals surface area contributed by atoms with Crippen molar-refractivity contribution in [2.24, 2.45) is 0 Å². The molecule has 1 aromatic rings. The van der Waals surface area contributed by atoms with Crippen LogP contribution in [0.25, 0.3) is 0 Å². The third kappa shape index (κ3) is 3.08. The molecule has 1 aromatic carbocycles. The van der Waals surface area contributed by atoms with Crippen LogP contribution in [0.1, 0.15) is 50.4 Å². The first-order chi connectivity index (χ1) is 10.5. The Hall–Kier alpha value is -2.04. The number of rotatable bonds is 5. The van der Waals surface area contributed by atoms with Crippen LogP contribution in [0.4, 0.5) is 5.69 Å². The third-order valence-electron chi connectivity index (χ3n) is 3.76. The maximum atomic E-state index is 12.6. The van der Waals surface area contributed by atoms with E-state index in [2.05, 4.69) is 6.92 Å². The molecule has 1 heterocycles. The second kappa shape index (κ2) is 6.81. The highest BCUT2D eigenvalue weighted by atomic mass is 16.5. The molecule has 0 aromatic heterocycles. The van der Waals surface area contributed by atoms with Crippen LogP contribution < -0.4 is 9.64 Å². The number of anilines is 1. The summed E-state index contributed by atoms with van der Waals surface area (Å²) < 4.78 is 10.6. The Morgan fingerprint density at radius 3 is 2.73 bits per heavy atom. The molecule has 0 saturated heterocycles.